The number of allylic oxidation sites excluding steroid dienone is 10. The van der Waals surface area contributed by atoms with Crippen molar-refractivity contribution in [2.45, 2.75) is 124 Å². The molecule has 0 N–H and O–H groups in total. The zero-order valence-electron chi connectivity index (χ0n) is 21.9. The van der Waals surface area contributed by atoms with Crippen molar-refractivity contribution in [2.75, 3.05) is 0 Å². The quantitative estimate of drug-likeness (QED) is 0.0787. The summed E-state index contributed by atoms with van der Waals surface area (Å²) in [5, 5.41) is 0. The fourth-order valence-corrected chi connectivity index (χ4v) is 3.83. The molecule has 1 atom stereocenters. The van der Waals surface area contributed by atoms with E-state index in [2.05, 4.69) is 78.8 Å². The van der Waals surface area contributed by atoms with Gasteiger partial charge in [0, 0.05) is 0 Å². The van der Waals surface area contributed by atoms with Gasteiger partial charge in [-0.3, -0.25) is 4.79 Å². The summed E-state index contributed by atoms with van der Waals surface area (Å²) in [6.45, 7) is 15.3. The molecule has 180 valence electrons. The molecule has 0 aromatic heterocycles. The molecule has 0 aromatic rings. The van der Waals surface area contributed by atoms with Gasteiger partial charge in [-0.15, -0.1) is 0 Å². The zero-order valence-corrected chi connectivity index (χ0v) is 21.9. The third-order valence-electron chi connectivity index (χ3n) is 6.23. The van der Waals surface area contributed by atoms with Crippen LogP contribution in [0.2, 0.25) is 0 Å². The van der Waals surface area contributed by atoms with Crippen LogP contribution in [-0.2, 0) is 9.53 Å². The Balaban J connectivity index is 2.21. The van der Waals surface area contributed by atoms with Gasteiger partial charge in [0.15, 0.2) is 0 Å². The van der Waals surface area contributed by atoms with Crippen LogP contribution in [0.25, 0.3) is 0 Å². The highest BCUT2D eigenvalue weighted by molar-refractivity contribution is 5.73. The Bertz CT molecular complexity index is 724. The van der Waals surface area contributed by atoms with Gasteiger partial charge in [0.05, 0.1) is 11.7 Å². The van der Waals surface area contributed by atoms with Crippen LogP contribution in [0.4, 0.5) is 0 Å². The third-order valence-corrected chi connectivity index (χ3v) is 6.23. The van der Waals surface area contributed by atoms with Crippen LogP contribution in [-0.4, -0.2) is 18.0 Å². The molecule has 0 radical (unpaired) electrons. The highest BCUT2D eigenvalue weighted by Crippen LogP contribution is 2.38. The number of ether oxygens (including phenoxy) is 1. The SMILES string of the molecule is CC(C)=CCC/C(C=O)=C/CC/C(C)=C/CC/C=C(\C)CC/C=C(\C)CC[C@@H]1OC1(C)C. The minimum Gasteiger partial charge on any atom is -0.367 e. The molecular formula is C30H48O2. The molecule has 0 aromatic carbocycles. The fraction of sp³-hybridized carbons (Fsp3) is 0.633. The van der Waals surface area contributed by atoms with Gasteiger partial charge < -0.3 is 4.74 Å². The normalized spacial score (nSPS) is 19.2. The molecule has 1 saturated heterocycles. The summed E-state index contributed by atoms with van der Waals surface area (Å²) in [4.78, 5) is 11.2. The van der Waals surface area contributed by atoms with Gasteiger partial charge in [-0.05, 0) is 118 Å². The molecule has 0 bridgehead atoms. The Morgan fingerprint density at radius 1 is 0.688 bits per heavy atom. The first kappa shape index (κ1) is 28.4. The Morgan fingerprint density at radius 3 is 1.66 bits per heavy atom. The highest BCUT2D eigenvalue weighted by atomic mass is 16.6. The number of rotatable bonds is 16. The van der Waals surface area contributed by atoms with Gasteiger partial charge in [-0.25, -0.2) is 0 Å². The molecule has 0 unspecified atom stereocenters. The third kappa shape index (κ3) is 13.7. The molecule has 0 amide bonds. The predicted octanol–water partition coefficient (Wildman–Crippen LogP) is 9.00. The molecule has 1 aliphatic heterocycles. The minimum absolute atomic E-state index is 0.118. The van der Waals surface area contributed by atoms with Gasteiger partial charge in [0.25, 0.3) is 0 Å². The first-order valence-corrected chi connectivity index (χ1v) is 12.6. The van der Waals surface area contributed by atoms with E-state index in [1.165, 1.54) is 22.3 Å². The smallest absolute Gasteiger partial charge is 0.145 e. The van der Waals surface area contributed by atoms with Crippen LogP contribution in [0.1, 0.15) is 113 Å². The lowest BCUT2D eigenvalue weighted by atomic mass is 10.0. The van der Waals surface area contributed by atoms with Gasteiger partial charge in [-0.1, -0.05) is 52.7 Å². The number of carbonyl (C=O) groups excluding carboxylic acids is 1. The van der Waals surface area contributed by atoms with Gasteiger partial charge in [0.1, 0.15) is 6.29 Å². The van der Waals surface area contributed by atoms with Crippen LogP contribution >= 0.6 is 0 Å². The molecule has 1 aliphatic rings. The van der Waals surface area contributed by atoms with Crippen molar-refractivity contribution in [1.29, 1.82) is 0 Å². The minimum atomic E-state index is 0.118. The standard InChI is InChI=1S/C30H48O2/c1-24(2)13-10-19-28(23-31)20-12-18-26(4)15-9-8-14-25(3)16-11-17-27(5)21-22-29-30(6,7)32-29/h13-15,17,20,23,29H,8-12,16,18-19,21-22H2,1-7H3/b25-14+,26-15+,27-17+,28-20-/t29-/m0/s1. The van der Waals surface area contributed by atoms with Crippen molar-refractivity contribution in [3.63, 3.8) is 0 Å². The molecular weight excluding hydrogens is 392 g/mol. The predicted molar refractivity (Wildman–Crippen MR) is 140 cm³/mol. The van der Waals surface area contributed by atoms with Crippen molar-refractivity contribution in [2.24, 2.45) is 0 Å². The Labute approximate surface area is 198 Å². The van der Waals surface area contributed by atoms with E-state index in [1.807, 2.05) is 0 Å². The topological polar surface area (TPSA) is 29.6 Å². The van der Waals surface area contributed by atoms with Crippen LogP contribution in [0.5, 0.6) is 0 Å². The maximum Gasteiger partial charge on any atom is 0.145 e. The van der Waals surface area contributed by atoms with E-state index < -0.39 is 0 Å². The summed E-state index contributed by atoms with van der Waals surface area (Å²) in [7, 11) is 0. The lowest BCUT2D eigenvalue weighted by Crippen LogP contribution is -2.02. The van der Waals surface area contributed by atoms with E-state index in [9.17, 15) is 4.79 Å². The average Bonchev–Trinajstić information content (AvgIpc) is 3.34. The monoisotopic (exact) mass is 440 g/mol. The molecule has 0 saturated carbocycles. The average molecular weight is 441 g/mol. The van der Waals surface area contributed by atoms with Crippen molar-refractivity contribution in [3.05, 3.63) is 58.2 Å². The summed E-state index contributed by atoms with van der Waals surface area (Å²) in [6.07, 6.45) is 23.5. The molecule has 0 aliphatic carbocycles. The van der Waals surface area contributed by atoms with Crippen molar-refractivity contribution in [1.82, 2.24) is 0 Å². The van der Waals surface area contributed by atoms with Crippen LogP contribution < -0.4 is 0 Å². The van der Waals surface area contributed by atoms with E-state index in [1.54, 1.807) is 0 Å². The Morgan fingerprint density at radius 2 is 1.16 bits per heavy atom. The Kier molecular flexibility index (Phi) is 13.5. The lowest BCUT2D eigenvalue weighted by Gasteiger charge is -2.03. The summed E-state index contributed by atoms with van der Waals surface area (Å²) in [5.74, 6) is 0. The fourth-order valence-electron chi connectivity index (χ4n) is 3.83. The Hall–Kier alpha value is -1.67. The number of epoxide rings is 1. The first-order valence-electron chi connectivity index (χ1n) is 12.6. The number of unbranched alkanes of at least 4 members (excludes halogenated alkanes) is 1. The van der Waals surface area contributed by atoms with Crippen LogP contribution in [0.15, 0.2) is 58.2 Å². The van der Waals surface area contributed by atoms with E-state index in [0.29, 0.717) is 6.10 Å². The second-order valence-corrected chi connectivity index (χ2v) is 10.3. The number of aldehydes is 1. The summed E-state index contributed by atoms with van der Waals surface area (Å²) < 4.78 is 5.67. The van der Waals surface area contributed by atoms with Crippen molar-refractivity contribution >= 4 is 6.29 Å². The summed E-state index contributed by atoms with van der Waals surface area (Å²) >= 11 is 0. The number of hydrogen-bond donors (Lipinski definition) is 0. The zero-order chi connectivity index (χ0) is 24.0. The lowest BCUT2D eigenvalue weighted by molar-refractivity contribution is -0.105. The van der Waals surface area contributed by atoms with Crippen LogP contribution in [0, 0.1) is 0 Å². The number of hydrogen-bond acceptors (Lipinski definition) is 2. The highest BCUT2D eigenvalue weighted by Gasteiger charge is 2.46. The van der Waals surface area contributed by atoms with Gasteiger partial charge in [0.2, 0.25) is 0 Å². The molecule has 1 fully saturated rings. The molecule has 32 heavy (non-hydrogen) atoms. The van der Waals surface area contributed by atoms with Crippen molar-refractivity contribution < 1.29 is 9.53 Å². The van der Waals surface area contributed by atoms with Crippen molar-refractivity contribution in [3.8, 4) is 0 Å². The van der Waals surface area contributed by atoms with Crippen LogP contribution in [0.3, 0.4) is 0 Å². The molecule has 1 rings (SSSR count). The maximum atomic E-state index is 11.2. The molecule has 2 heteroatoms. The summed E-state index contributed by atoms with van der Waals surface area (Å²) in [6, 6.07) is 0. The van der Waals surface area contributed by atoms with Gasteiger partial charge >= 0.3 is 0 Å². The first-order chi connectivity index (χ1) is 15.1. The van der Waals surface area contributed by atoms with E-state index in [4.69, 9.17) is 4.74 Å². The van der Waals surface area contributed by atoms with E-state index >= 15 is 0 Å². The second-order valence-electron chi connectivity index (χ2n) is 10.3. The molecule has 2 nitrogen and oxygen atoms in total. The second kappa shape index (κ2) is 15.2. The van der Waals surface area contributed by atoms with E-state index in [0.717, 1.165) is 76.1 Å². The summed E-state index contributed by atoms with van der Waals surface area (Å²) in [5.41, 5.74) is 6.76. The van der Waals surface area contributed by atoms with E-state index in [-0.39, 0.29) is 5.60 Å². The molecule has 1 heterocycles. The largest absolute Gasteiger partial charge is 0.367 e. The van der Waals surface area contributed by atoms with Gasteiger partial charge in [-0.2, -0.15) is 0 Å². The maximum absolute atomic E-state index is 11.2. The number of carbonyl (C=O) groups is 1. The molecule has 0 spiro atoms.